The number of nitro groups is 1. The Kier molecular flexibility index (Phi) is 5.34. The van der Waals surface area contributed by atoms with Crippen molar-refractivity contribution in [1.29, 1.82) is 0 Å². The molecular weight excluding hydrogens is 238 g/mol. The lowest BCUT2D eigenvalue weighted by Gasteiger charge is -2.12. The molecule has 0 spiro atoms. The van der Waals surface area contributed by atoms with Crippen molar-refractivity contribution in [3.05, 3.63) is 28.3 Å². The van der Waals surface area contributed by atoms with Gasteiger partial charge in [0, 0.05) is 25.8 Å². The number of aliphatic hydroxyl groups is 1. The van der Waals surface area contributed by atoms with Gasteiger partial charge in [-0.25, -0.2) is 0 Å². The molecule has 1 aromatic rings. The molecule has 0 aliphatic heterocycles. The fourth-order valence-electron chi connectivity index (χ4n) is 1.47. The van der Waals surface area contributed by atoms with Gasteiger partial charge < -0.3 is 20.9 Å². The summed E-state index contributed by atoms with van der Waals surface area (Å²) in [5, 5.41) is 23.0. The van der Waals surface area contributed by atoms with E-state index < -0.39 is 11.0 Å². The van der Waals surface area contributed by atoms with Crippen molar-refractivity contribution in [2.75, 3.05) is 31.3 Å². The van der Waals surface area contributed by atoms with Crippen LogP contribution in [-0.2, 0) is 4.74 Å². The quantitative estimate of drug-likeness (QED) is 0.380. The van der Waals surface area contributed by atoms with Gasteiger partial charge in [0.1, 0.15) is 0 Å². The van der Waals surface area contributed by atoms with Gasteiger partial charge in [-0.05, 0) is 12.5 Å². The first-order valence-electron chi connectivity index (χ1n) is 5.49. The van der Waals surface area contributed by atoms with Crippen molar-refractivity contribution in [1.82, 2.24) is 0 Å². The van der Waals surface area contributed by atoms with Gasteiger partial charge >= 0.3 is 0 Å². The van der Waals surface area contributed by atoms with Crippen LogP contribution >= 0.6 is 0 Å². The second kappa shape index (κ2) is 6.77. The summed E-state index contributed by atoms with van der Waals surface area (Å²) in [6.45, 7) is 0.782. The van der Waals surface area contributed by atoms with Gasteiger partial charge in [0.25, 0.3) is 5.69 Å². The van der Waals surface area contributed by atoms with E-state index in [2.05, 4.69) is 5.32 Å². The molecule has 1 aromatic carbocycles. The van der Waals surface area contributed by atoms with E-state index >= 15 is 0 Å². The molecule has 7 nitrogen and oxygen atoms in total. The Labute approximate surface area is 105 Å². The standard InChI is InChI=1S/C11H17N3O4/c1-18-7-9(15)4-5-13-11-3-2-8(14(16)17)6-10(11)12/h2-3,6,9,13,15H,4-5,7,12H2,1H3. The van der Waals surface area contributed by atoms with Crippen LogP contribution in [0.15, 0.2) is 18.2 Å². The molecule has 0 radical (unpaired) electrons. The van der Waals surface area contributed by atoms with E-state index in [0.717, 1.165) is 0 Å². The monoisotopic (exact) mass is 255 g/mol. The number of nitrogen functional groups attached to an aromatic ring is 1. The largest absolute Gasteiger partial charge is 0.397 e. The molecular formula is C11H17N3O4. The van der Waals surface area contributed by atoms with E-state index in [1.54, 1.807) is 6.07 Å². The van der Waals surface area contributed by atoms with Crippen LogP contribution in [0.3, 0.4) is 0 Å². The molecule has 1 atom stereocenters. The first-order chi connectivity index (χ1) is 8.54. The summed E-state index contributed by atoms with van der Waals surface area (Å²) in [5.74, 6) is 0. The molecule has 0 saturated heterocycles. The Bertz CT molecular complexity index is 411. The number of nitro benzene ring substituents is 1. The molecule has 0 fully saturated rings. The number of anilines is 2. The molecule has 7 heteroatoms. The summed E-state index contributed by atoms with van der Waals surface area (Å²) in [7, 11) is 1.52. The molecule has 0 aromatic heterocycles. The third-order valence-corrected chi connectivity index (χ3v) is 2.40. The molecule has 0 heterocycles. The Hall–Kier alpha value is -1.86. The van der Waals surface area contributed by atoms with Gasteiger partial charge in [-0.15, -0.1) is 0 Å². The van der Waals surface area contributed by atoms with Crippen molar-refractivity contribution in [3.8, 4) is 0 Å². The lowest BCUT2D eigenvalue weighted by molar-refractivity contribution is -0.384. The van der Waals surface area contributed by atoms with Gasteiger partial charge in [0.05, 0.1) is 29.0 Å². The smallest absolute Gasteiger partial charge is 0.271 e. The highest BCUT2D eigenvalue weighted by atomic mass is 16.6. The number of hydrogen-bond donors (Lipinski definition) is 3. The summed E-state index contributed by atoms with van der Waals surface area (Å²) in [5.41, 5.74) is 6.56. The molecule has 18 heavy (non-hydrogen) atoms. The number of ether oxygens (including phenoxy) is 1. The van der Waals surface area contributed by atoms with Crippen LogP contribution < -0.4 is 11.1 Å². The maximum absolute atomic E-state index is 10.5. The van der Waals surface area contributed by atoms with E-state index in [1.165, 1.54) is 19.2 Å². The Morgan fingerprint density at radius 2 is 2.33 bits per heavy atom. The van der Waals surface area contributed by atoms with Crippen molar-refractivity contribution in [3.63, 3.8) is 0 Å². The van der Waals surface area contributed by atoms with E-state index in [4.69, 9.17) is 10.5 Å². The Morgan fingerprint density at radius 3 is 2.89 bits per heavy atom. The second-order valence-corrected chi connectivity index (χ2v) is 3.85. The molecule has 0 bridgehead atoms. The van der Waals surface area contributed by atoms with E-state index in [-0.39, 0.29) is 12.3 Å². The topological polar surface area (TPSA) is 111 Å². The maximum Gasteiger partial charge on any atom is 0.271 e. The maximum atomic E-state index is 10.5. The summed E-state index contributed by atoms with van der Waals surface area (Å²) in [4.78, 5) is 10.0. The predicted octanol–water partition coefficient (Wildman–Crippen LogP) is 0.986. The number of benzene rings is 1. The highest BCUT2D eigenvalue weighted by Gasteiger charge is 2.09. The van der Waals surface area contributed by atoms with Crippen LogP contribution in [-0.4, -0.2) is 36.4 Å². The Morgan fingerprint density at radius 1 is 1.61 bits per heavy atom. The van der Waals surface area contributed by atoms with Gasteiger partial charge in [-0.3, -0.25) is 10.1 Å². The van der Waals surface area contributed by atoms with Crippen molar-refractivity contribution >= 4 is 17.1 Å². The zero-order valence-electron chi connectivity index (χ0n) is 10.1. The molecule has 1 rings (SSSR count). The average Bonchev–Trinajstić information content (AvgIpc) is 2.31. The van der Waals surface area contributed by atoms with Gasteiger partial charge in [-0.1, -0.05) is 0 Å². The SMILES string of the molecule is COCC(O)CCNc1ccc([N+](=O)[O-])cc1N. The van der Waals surface area contributed by atoms with Crippen LogP contribution in [0.1, 0.15) is 6.42 Å². The average molecular weight is 255 g/mol. The number of rotatable bonds is 7. The lowest BCUT2D eigenvalue weighted by atomic mass is 10.2. The van der Waals surface area contributed by atoms with Gasteiger partial charge in [-0.2, -0.15) is 0 Å². The summed E-state index contributed by atoms with van der Waals surface area (Å²) in [6.07, 6.45) is -0.0358. The molecule has 100 valence electrons. The number of hydrogen-bond acceptors (Lipinski definition) is 6. The number of methoxy groups -OCH3 is 1. The summed E-state index contributed by atoms with van der Waals surface area (Å²) >= 11 is 0. The predicted molar refractivity (Wildman–Crippen MR) is 68.5 cm³/mol. The number of nitrogens with two attached hydrogens (primary N) is 1. The third-order valence-electron chi connectivity index (χ3n) is 2.40. The van der Waals surface area contributed by atoms with Crippen molar-refractivity contribution < 1.29 is 14.8 Å². The third kappa shape index (κ3) is 4.19. The first-order valence-corrected chi connectivity index (χ1v) is 5.49. The van der Waals surface area contributed by atoms with E-state index in [9.17, 15) is 15.2 Å². The molecule has 0 aliphatic rings. The molecule has 4 N–H and O–H groups in total. The molecule has 0 aliphatic carbocycles. The van der Waals surface area contributed by atoms with Crippen LogP contribution in [0.25, 0.3) is 0 Å². The molecule has 0 amide bonds. The van der Waals surface area contributed by atoms with Crippen molar-refractivity contribution in [2.24, 2.45) is 0 Å². The second-order valence-electron chi connectivity index (χ2n) is 3.85. The Balaban J connectivity index is 2.50. The zero-order valence-corrected chi connectivity index (χ0v) is 10.1. The minimum atomic E-state index is -0.540. The first kappa shape index (κ1) is 14.2. The summed E-state index contributed by atoms with van der Waals surface area (Å²) in [6, 6.07) is 4.23. The van der Waals surface area contributed by atoms with Crippen molar-refractivity contribution in [2.45, 2.75) is 12.5 Å². The van der Waals surface area contributed by atoms with E-state index in [0.29, 0.717) is 24.3 Å². The fourth-order valence-corrected chi connectivity index (χ4v) is 1.47. The zero-order chi connectivity index (χ0) is 13.5. The van der Waals surface area contributed by atoms with Crippen LogP contribution in [0.4, 0.5) is 17.1 Å². The fraction of sp³-hybridized carbons (Fsp3) is 0.455. The minimum Gasteiger partial charge on any atom is -0.397 e. The molecule has 1 unspecified atom stereocenters. The highest BCUT2D eigenvalue weighted by Crippen LogP contribution is 2.23. The number of nitrogens with one attached hydrogen (secondary N) is 1. The minimum absolute atomic E-state index is 0.0440. The normalized spacial score (nSPS) is 12.1. The van der Waals surface area contributed by atoms with Gasteiger partial charge in [0.2, 0.25) is 0 Å². The van der Waals surface area contributed by atoms with Crippen LogP contribution in [0.2, 0.25) is 0 Å². The number of aliphatic hydroxyl groups excluding tert-OH is 1. The van der Waals surface area contributed by atoms with Crippen LogP contribution in [0, 0.1) is 10.1 Å². The number of nitrogens with zero attached hydrogens (tertiary/aromatic N) is 1. The summed E-state index contributed by atoms with van der Waals surface area (Å²) < 4.78 is 4.79. The molecule has 0 saturated carbocycles. The van der Waals surface area contributed by atoms with Crippen LogP contribution in [0.5, 0.6) is 0 Å². The van der Waals surface area contributed by atoms with Gasteiger partial charge in [0.15, 0.2) is 0 Å². The van der Waals surface area contributed by atoms with E-state index in [1.807, 2.05) is 0 Å². The lowest BCUT2D eigenvalue weighted by Crippen LogP contribution is -2.18. The highest BCUT2D eigenvalue weighted by molar-refractivity contribution is 5.69. The number of non-ortho nitro benzene ring substituents is 1.